The molecule has 1 heterocycles. The minimum Gasteiger partial charge on any atom is -0.454 e. The normalized spacial score (nSPS) is 11.9. The van der Waals surface area contributed by atoms with E-state index in [1.165, 1.54) is 0 Å². The summed E-state index contributed by atoms with van der Waals surface area (Å²) in [7, 11) is 0. The molecule has 0 fully saturated rings. The van der Waals surface area contributed by atoms with Gasteiger partial charge in [-0.3, -0.25) is 9.59 Å². The molecule has 2 aromatic carbocycles. The lowest BCUT2D eigenvalue weighted by molar-refractivity contribution is -0.121. The largest absolute Gasteiger partial charge is 0.454 e. The lowest BCUT2D eigenvalue weighted by Crippen LogP contribution is -2.30. The molecule has 0 radical (unpaired) electrons. The van der Waals surface area contributed by atoms with E-state index in [1.807, 2.05) is 18.2 Å². The predicted octanol–water partition coefficient (Wildman–Crippen LogP) is 2.51. The maximum atomic E-state index is 12.0. The Hall–Kier alpha value is -2.73. The summed E-state index contributed by atoms with van der Waals surface area (Å²) < 4.78 is 10.5. The minimum atomic E-state index is -0.297. The molecule has 3 rings (SSSR count). The van der Waals surface area contributed by atoms with Gasteiger partial charge in [-0.05, 0) is 29.8 Å². The summed E-state index contributed by atoms with van der Waals surface area (Å²) >= 11 is 5.96. The maximum Gasteiger partial charge on any atom is 0.252 e. The van der Waals surface area contributed by atoms with Crippen molar-refractivity contribution >= 4 is 23.4 Å². The fourth-order valence-corrected chi connectivity index (χ4v) is 2.59. The maximum absolute atomic E-state index is 12.0. The lowest BCUT2D eigenvalue weighted by atomic mass is 10.2. The van der Waals surface area contributed by atoms with Gasteiger partial charge in [0.25, 0.3) is 5.91 Å². The second-order valence-corrected chi connectivity index (χ2v) is 5.86. The zero-order chi connectivity index (χ0) is 17.6. The predicted molar refractivity (Wildman–Crippen MR) is 92.8 cm³/mol. The van der Waals surface area contributed by atoms with Gasteiger partial charge in [0.1, 0.15) is 0 Å². The average Bonchev–Trinajstić information content (AvgIpc) is 3.08. The molecular formula is C18H17ClN2O4. The van der Waals surface area contributed by atoms with Gasteiger partial charge >= 0.3 is 0 Å². The van der Waals surface area contributed by atoms with Crippen molar-refractivity contribution in [3.05, 3.63) is 58.6 Å². The van der Waals surface area contributed by atoms with Crippen molar-refractivity contribution in [2.45, 2.75) is 13.0 Å². The molecule has 2 aromatic rings. The molecule has 1 aliphatic heterocycles. The van der Waals surface area contributed by atoms with Crippen LogP contribution in [0, 0.1) is 0 Å². The molecule has 0 saturated carbocycles. The number of fused-ring (bicyclic) bond motifs is 1. The number of rotatable bonds is 6. The highest BCUT2D eigenvalue weighted by Gasteiger charge is 2.13. The molecule has 0 bridgehead atoms. The molecule has 0 atom stereocenters. The summed E-state index contributed by atoms with van der Waals surface area (Å²) in [4.78, 5) is 23.9. The van der Waals surface area contributed by atoms with Crippen LogP contribution < -0.4 is 20.1 Å². The van der Waals surface area contributed by atoms with E-state index >= 15 is 0 Å². The Balaban J connectivity index is 1.41. The number of amides is 2. The zero-order valence-electron chi connectivity index (χ0n) is 13.4. The van der Waals surface area contributed by atoms with Crippen molar-refractivity contribution in [1.29, 1.82) is 0 Å². The summed E-state index contributed by atoms with van der Waals surface area (Å²) in [6.45, 7) is 0.835. The highest BCUT2D eigenvalue weighted by atomic mass is 35.5. The van der Waals surface area contributed by atoms with Crippen molar-refractivity contribution in [2.24, 2.45) is 0 Å². The Morgan fingerprint density at radius 2 is 1.84 bits per heavy atom. The third-order valence-electron chi connectivity index (χ3n) is 3.68. The molecule has 0 aliphatic carbocycles. The van der Waals surface area contributed by atoms with Crippen LogP contribution in [-0.2, 0) is 11.3 Å². The molecule has 0 unspecified atom stereocenters. The molecule has 130 valence electrons. The van der Waals surface area contributed by atoms with Crippen LogP contribution in [0.4, 0.5) is 0 Å². The van der Waals surface area contributed by atoms with Gasteiger partial charge in [0.05, 0.1) is 10.6 Å². The van der Waals surface area contributed by atoms with Crippen LogP contribution >= 0.6 is 11.6 Å². The van der Waals surface area contributed by atoms with Gasteiger partial charge in [-0.15, -0.1) is 0 Å². The first-order valence-corrected chi connectivity index (χ1v) is 8.19. The van der Waals surface area contributed by atoms with Gasteiger partial charge in [0.15, 0.2) is 11.5 Å². The molecule has 2 amide bonds. The van der Waals surface area contributed by atoms with Crippen LogP contribution in [0.3, 0.4) is 0 Å². The van der Waals surface area contributed by atoms with Crippen molar-refractivity contribution in [2.75, 3.05) is 13.3 Å². The zero-order valence-corrected chi connectivity index (χ0v) is 14.1. The summed E-state index contributed by atoms with van der Waals surface area (Å²) in [5.74, 6) is 0.933. The number of benzene rings is 2. The van der Waals surface area contributed by atoms with Crippen LogP contribution in [0.5, 0.6) is 11.5 Å². The SMILES string of the molecule is O=C(CCNC(=O)c1ccccc1Cl)NCc1ccc2c(c1)OCO2. The summed E-state index contributed by atoms with van der Waals surface area (Å²) in [6.07, 6.45) is 0.181. The summed E-state index contributed by atoms with van der Waals surface area (Å²) in [5, 5.41) is 5.87. The quantitative estimate of drug-likeness (QED) is 0.829. The molecule has 0 saturated heterocycles. The van der Waals surface area contributed by atoms with Crippen molar-refractivity contribution in [1.82, 2.24) is 10.6 Å². The van der Waals surface area contributed by atoms with E-state index < -0.39 is 0 Å². The molecule has 0 aromatic heterocycles. The molecule has 6 nitrogen and oxygen atoms in total. The Morgan fingerprint density at radius 1 is 1.04 bits per heavy atom. The topological polar surface area (TPSA) is 76.7 Å². The monoisotopic (exact) mass is 360 g/mol. The van der Waals surface area contributed by atoms with Crippen LogP contribution in [0.1, 0.15) is 22.3 Å². The summed E-state index contributed by atoms with van der Waals surface area (Å²) in [5.41, 5.74) is 1.31. The Kier molecular flexibility index (Phi) is 5.40. The van der Waals surface area contributed by atoms with Crippen LogP contribution in [0.15, 0.2) is 42.5 Å². The van der Waals surface area contributed by atoms with Gasteiger partial charge in [-0.2, -0.15) is 0 Å². The number of hydrogen-bond donors (Lipinski definition) is 2. The number of nitrogens with one attached hydrogen (secondary N) is 2. The number of hydrogen-bond acceptors (Lipinski definition) is 4. The Labute approximate surface area is 150 Å². The highest BCUT2D eigenvalue weighted by molar-refractivity contribution is 6.33. The first-order valence-electron chi connectivity index (χ1n) is 7.81. The van der Waals surface area contributed by atoms with E-state index in [1.54, 1.807) is 24.3 Å². The van der Waals surface area contributed by atoms with Crippen LogP contribution in [0.25, 0.3) is 0 Å². The first-order chi connectivity index (χ1) is 12.1. The standard InChI is InChI=1S/C18H17ClN2O4/c19-14-4-2-1-3-13(14)18(23)20-8-7-17(22)21-10-12-5-6-15-16(9-12)25-11-24-15/h1-6,9H,7-8,10-11H2,(H,20,23)(H,21,22). The molecule has 7 heteroatoms. The van der Waals surface area contributed by atoms with Crippen molar-refractivity contribution in [3.8, 4) is 11.5 Å². The highest BCUT2D eigenvalue weighted by Crippen LogP contribution is 2.32. The molecule has 25 heavy (non-hydrogen) atoms. The third kappa shape index (κ3) is 4.42. The van der Waals surface area contributed by atoms with E-state index in [9.17, 15) is 9.59 Å². The smallest absolute Gasteiger partial charge is 0.252 e. The average molecular weight is 361 g/mol. The Morgan fingerprint density at radius 3 is 2.68 bits per heavy atom. The second-order valence-electron chi connectivity index (χ2n) is 5.45. The minimum absolute atomic E-state index is 0.155. The van der Waals surface area contributed by atoms with Gasteiger partial charge in [-0.1, -0.05) is 29.8 Å². The fraction of sp³-hybridized carbons (Fsp3) is 0.222. The van der Waals surface area contributed by atoms with E-state index in [0.717, 1.165) is 5.56 Å². The molecule has 1 aliphatic rings. The first kappa shape index (κ1) is 17.1. The molecule has 0 spiro atoms. The van der Waals surface area contributed by atoms with Gasteiger partial charge in [0, 0.05) is 19.5 Å². The van der Waals surface area contributed by atoms with E-state index in [0.29, 0.717) is 28.6 Å². The van der Waals surface area contributed by atoms with Gasteiger partial charge in [-0.25, -0.2) is 0 Å². The Bertz CT molecular complexity index is 794. The molecular weight excluding hydrogens is 344 g/mol. The van der Waals surface area contributed by atoms with E-state index in [4.69, 9.17) is 21.1 Å². The number of carbonyl (C=O) groups is 2. The van der Waals surface area contributed by atoms with E-state index in [-0.39, 0.29) is 31.6 Å². The number of carbonyl (C=O) groups excluding carboxylic acids is 2. The fourth-order valence-electron chi connectivity index (χ4n) is 2.37. The lowest BCUT2D eigenvalue weighted by Gasteiger charge is -2.08. The van der Waals surface area contributed by atoms with Crippen LogP contribution in [-0.4, -0.2) is 25.2 Å². The number of ether oxygens (including phenoxy) is 2. The molecule has 2 N–H and O–H groups in total. The van der Waals surface area contributed by atoms with E-state index in [2.05, 4.69) is 10.6 Å². The third-order valence-corrected chi connectivity index (χ3v) is 4.01. The van der Waals surface area contributed by atoms with Gasteiger partial charge < -0.3 is 20.1 Å². The second kappa shape index (κ2) is 7.90. The summed E-state index contributed by atoms with van der Waals surface area (Å²) in [6, 6.07) is 12.3. The number of halogens is 1. The van der Waals surface area contributed by atoms with Crippen molar-refractivity contribution < 1.29 is 19.1 Å². The van der Waals surface area contributed by atoms with Gasteiger partial charge in [0.2, 0.25) is 12.7 Å². The van der Waals surface area contributed by atoms with Crippen molar-refractivity contribution in [3.63, 3.8) is 0 Å². The van der Waals surface area contributed by atoms with Crippen LogP contribution in [0.2, 0.25) is 5.02 Å².